The summed E-state index contributed by atoms with van der Waals surface area (Å²) in [4.78, 5) is 4.84. The van der Waals surface area contributed by atoms with Crippen molar-refractivity contribution in [2.24, 2.45) is 10.4 Å². The van der Waals surface area contributed by atoms with Crippen LogP contribution in [0.15, 0.2) is 4.99 Å². The normalized spacial score (nSPS) is 17.2. The van der Waals surface area contributed by atoms with E-state index in [9.17, 15) is 0 Å². The van der Waals surface area contributed by atoms with E-state index >= 15 is 0 Å². The first-order chi connectivity index (χ1) is 11.8. The van der Waals surface area contributed by atoms with Crippen LogP contribution in [0.25, 0.3) is 0 Å². The molecular formula is C18H37N3O3. The van der Waals surface area contributed by atoms with Crippen LogP contribution in [0.4, 0.5) is 0 Å². The zero-order chi connectivity index (χ0) is 17.5. The van der Waals surface area contributed by atoms with Gasteiger partial charge in [0, 0.05) is 40.0 Å². The third kappa shape index (κ3) is 8.85. The molecule has 0 aromatic carbocycles. The molecule has 6 nitrogen and oxygen atoms in total. The van der Waals surface area contributed by atoms with Crippen LogP contribution in [0.5, 0.6) is 0 Å². The standard InChI is InChI=1S/C18H37N3O3/c1-4-19-17(20-11-13-24-15-14-22-3)21-16-18(8-6-7-9-18)10-12-23-5-2/h4-16H2,1-3H3,(H2,19,20,21). The minimum atomic E-state index is 0.326. The fourth-order valence-corrected chi connectivity index (χ4v) is 3.12. The monoisotopic (exact) mass is 343 g/mol. The molecule has 0 bridgehead atoms. The van der Waals surface area contributed by atoms with Crippen LogP contribution in [-0.2, 0) is 14.2 Å². The van der Waals surface area contributed by atoms with E-state index in [1.54, 1.807) is 7.11 Å². The zero-order valence-corrected chi connectivity index (χ0v) is 15.9. The van der Waals surface area contributed by atoms with Crippen LogP contribution in [0.2, 0.25) is 0 Å². The molecule has 6 heteroatoms. The average molecular weight is 344 g/mol. The number of aliphatic imine (C=N–C) groups is 1. The maximum atomic E-state index is 5.58. The van der Waals surface area contributed by atoms with Gasteiger partial charge in [0.15, 0.2) is 5.96 Å². The lowest BCUT2D eigenvalue weighted by Gasteiger charge is -2.27. The van der Waals surface area contributed by atoms with Gasteiger partial charge in [0.05, 0.1) is 19.8 Å². The summed E-state index contributed by atoms with van der Waals surface area (Å²) in [6, 6.07) is 0. The van der Waals surface area contributed by atoms with Gasteiger partial charge in [-0.3, -0.25) is 4.99 Å². The van der Waals surface area contributed by atoms with Gasteiger partial charge in [0.1, 0.15) is 0 Å². The number of nitrogens with one attached hydrogen (secondary N) is 2. The lowest BCUT2D eigenvalue weighted by Crippen LogP contribution is -2.40. The number of rotatable bonds is 13. The van der Waals surface area contributed by atoms with Gasteiger partial charge in [-0.25, -0.2) is 0 Å². The molecule has 24 heavy (non-hydrogen) atoms. The number of ether oxygens (including phenoxy) is 3. The van der Waals surface area contributed by atoms with Crippen molar-refractivity contribution in [1.82, 2.24) is 10.6 Å². The van der Waals surface area contributed by atoms with Gasteiger partial charge >= 0.3 is 0 Å². The third-order valence-electron chi connectivity index (χ3n) is 4.53. The SMILES string of the molecule is CCNC(=NCC1(CCOCC)CCCC1)NCCOCCOC. The molecule has 0 heterocycles. The second-order valence-electron chi connectivity index (χ2n) is 6.38. The average Bonchev–Trinajstić information content (AvgIpc) is 3.05. The molecule has 1 aliphatic carbocycles. The van der Waals surface area contributed by atoms with Crippen LogP contribution >= 0.6 is 0 Å². The van der Waals surface area contributed by atoms with E-state index in [2.05, 4.69) is 24.5 Å². The second kappa shape index (κ2) is 13.4. The quantitative estimate of drug-likeness (QED) is 0.305. The molecule has 0 atom stereocenters. The highest BCUT2D eigenvalue weighted by Crippen LogP contribution is 2.41. The molecule has 1 rings (SSSR count). The fraction of sp³-hybridized carbons (Fsp3) is 0.944. The largest absolute Gasteiger partial charge is 0.382 e. The first kappa shape index (κ1) is 21.2. The molecular weight excluding hydrogens is 306 g/mol. The predicted octanol–water partition coefficient (Wildman–Crippen LogP) is 2.19. The van der Waals surface area contributed by atoms with Crippen molar-refractivity contribution in [3.05, 3.63) is 0 Å². The second-order valence-corrected chi connectivity index (χ2v) is 6.38. The van der Waals surface area contributed by atoms with Gasteiger partial charge in [0.2, 0.25) is 0 Å². The Morgan fingerprint density at radius 1 is 1.00 bits per heavy atom. The van der Waals surface area contributed by atoms with E-state index in [1.165, 1.54) is 25.7 Å². The van der Waals surface area contributed by atoms with Crippen molar-refractivity contribution in [2.75, 3.05) is 59.8 Å². The van der Waals surface area contributed by atoms with Crippen LogP contribution in [0.3, 0.4) is 0 Å². The molecule has 142 valence electrons. The van der Waals surface area contributed by atoms with E-state index < -0.39 is 0 Å². The van der Waals surface area contributed by atoms with Gasteiger partial charge in [-0.15, -0.1) is 0 Å². The minimum Gasteiger partial charge on any atom is -0.382 e. The van der Waals surface area contributed by atoms with Gasteiger partial charge < -0.3 is 24.8 Å². The Bertz CT molecular complexity index is 331. The van der Waals surface area contributed by atoms with Crippen molar-refractivity contribution in [3.8, 4) is 0 Å². The Labute approximate surface area is 147 Å². The van der Waals surface area contributed by atoms with Crippen molar-refractivity contribution in [1.29, 1.82) is 0 Å². The summed E-state index contributed by atoms with van der Waals surface area (Å²) in [6.45, 7) is 10.2. The van der Waals surface area contributed by atoms with E-state index in [-0.39, 0.29) is 0 Å². The summed E-state index contributed by atoms with van der Waals surface area (Å²) in [6.07, 6.45) is 6.29. The molecule has 2 N–H and O–H groups in total. The van der Waals surface area contributed by atoms with Crippen molar-refractivity contribution in [3.63, 3.8) is 0 Å². The molecule has 1 saturated carbocycles. The summed E-state index contributed by atoms with van der Waals surface area (Å²) in [5.41, 5.74) is 0.326. The van der Waals surface area contributed by atoms with Gasteiger partial charge in [0.25, 0.3) is 0 Å². The highest BCUT2D eigenvalue weighted by Gasteiger charge is 2.33. The summed E-state index contributed by atoms with van der Waals surface area (Å²) < 4.78 is 16.0. The van der Waals surface area contributed by atoms with Crippen molar-refractivity contribution in [2.45, 2.75) is 46.0 Å². The molecule has 0 spiro atoms. The first-order valence-corrected chi connectivity index (χ1v) is 9.43. The molecule has 0 saturated heterocycles. The topological polar surface area (TPSA) is 64.1 Å². The molecule has 0 aromatic heterocycles. The minimum absolute atomic E-state index is 0.326. The maximum Gasteiger partial charge on any atom is 0.191 e. The van der Waals surface area contributed by atoms with E-state index in [0.29, 0.717) is 25.2 Å². The summed E-state index contributed by atoms with van der Waals surface area (Å²) >= 11 is 0. The maximum absolute atomic E-state index is 5.58. The molecule has 1 aliphatic rings. The Morgan fingerprint density at radius 2 is 1.79 bits per heavy atom. The lowest BCUT2D eigenvalue weighted by molar-refractivity contribution is 0.0733. The van der Waals surface area contributed by atoms with Gasteiger partial charge in [-0.05, 0) is 38.5 Å². The van der Waals surface area contributed by atoms with E-state index in [1.807, 2.05) is 0 Å². The number of hydrogen-bond donors (Lipinski definition) is 2. The zero-order valence-electron chi connectivity index (χ0n) is 15.9. The lowest BCUT2D eigenvalue weighted by atomic mass is 9.83. The van der Waals surface area contributed by atoms with Gasteiger partial charge in [-0.2, -0.15) is 0 Å². The summed E-state index contributed by atoms with van der Waals surface area (Å²) in [5, 5.41) is 6.67. The molecule has 0 aliphatic heterocycles. The Morgan fingerprint density at radius 3 is 2.46 bits per heavy atom. The van der Waals surface area contributed by atoms with Crippen LogP contribution in [0, 0.1) is 5.41 Å². The molecule has 0 unspecified atom stereocenters. The molecule has 0 radical (unpaired) electrons. The fourth-order valence-electron chi connectivity index (χ4n) is 3.12. The summed E-state index contributed by atoms with van der Waals surface area (Å²) in [5.74, 6) is 0.885. The molecule has 0 aromatic rings. The smallest absolute Gasteiger partial charge is 0.191 e. The number of nitrogens with zero attached hydrogens (tertiary/aromatic N) is 1. The summed E-state index contributed by atoms with van der Waals surface area (Å²) in [7, 11) is 1.68. The highest BCUT2D eigenvalue weighted by atomic mass is 16.5. The Hall–Kier alpha value is -0.850. The van der Waals surface area contributed by atoms with E-state index in [0.717, 1.165) is 45.2 Å². The van der Waals surface area contributed by atoms with Crippen molar-refractivity contribution < 1.29 is 14.2 Å². The van der Waals surface area contributed by atoms with Crippen LogP contribution in [-0.4, -0.2) is 65.7 Å². The van der Waals surface area contributed by atoms with Crippen LogP contribution < -0.4 is 10.6 Å². The Balaban J connectivity index is 2.40. The predicted molar refractivity (Wildman–Crippen MR) is 98.7 cm³/mol. The number of hydrogen-bond acceptors (Lipinski definition) is 4. The van der Waals surface area contributed by atoms with Gasteiger partial charge in [-0.1, -0.05) is 12.8 Å². The molecule has 0 amide bonds. The Kier molecular flexibility index (Phi) is 11.9. The third-order valence-corrected chi connectivity index (χ3v) is 4.53. The molecule has 1 fully saturated rings. The van der Waals surface area contributed by atoms with Crippen LogP contribution in [0.1, 0.15) is 46.0 Å². The highest BCUT2D eigenvalue weighted by molar-refractivity contribution is 5.79. The first-order valence-electron chi connectivity index (χ1n) is 9.43. The van der Waals surface area contributed by atoms with E-state index in [4.69, 9.17) is 19.2 Å². The number of methoxy groups -OCH3 is 1. The number of guanidine groups is 1. The van der Waals surface area contributed by atoms with Crippen molar-refractivity contribution >= 4 is 5.96 Å².